The van der Waals surface area contributed by atoms with Gasteiger partial charge in [0.05, 0.1) is 6.61 Å². The summed E-state index contributed by atoms with van der Waals surface area (Å²) < 4.78 is 6.22. The number of carbonyl (C=O) groups is 1. The van der Waals surface area contributed by atoms with Gasteiger partial charge < -0.3 is 4.74 Å². The lowest BCUT2D eigenvalue weighted by Crippen LogP contribution is -2.39. The second kappa shape index (κ2) is 8.33. The van der Waals surface area contributed by atoms with E-state index < -0.39 is 0 Å². The Hall–Kier alpha value is -0.870. The van der Waals surface area contributed by atoms with Crippen LogP contribution in [0.3, 0.4) is 0 Å². The average molecular weight is 328 g/mol. The number of likely N-dealkylation sites (N-methyl/N-ethyl adjacent to an activating group) is 1. The van der Waals surface area contributed by atoms with E-state index in [0.717, 1.165) is 23.9 Å². The van der Waals surface area contributed by atoms with E-state index >= 15 is 0 Å². The van der Waals surface area contributed by atoms with Crippen molar-refractivity contribution in [1.29, 1.82) is 0 Å². The van der Waals surface area contributed by atoms with Gasteiger partial charge in [0.1, 0.15) is 6.04 Å². The lowest BCUT2D eigenvalue weighted by atomic mass is 10.1. The highest BCUT2D eigenvalue weighted by atomic mass is 79.9. The first-order valence-corrected chi connectivity index (χ1v) is 7.49. The summed E-state index contributed by atoms with van der Waals surface area (Å²) in [6.45, 7) is 5.08. The molecule has 19 heavy (non-hydrogen) atoms. The van der Waals surface area contributed by atoms with Crippen molar-refractivity contribution in [3.8, 4) is 0 Å². The molecule has 0 saturated heterocycles. The topological polar surface area (TPSA) is 29.5 Å². The van der Waals surface area contributed by atoms with Gasteiger partial charge in [0.15, 0.2) is 0 Å². The van der Waals surface area contributed by atoms with Gasteiger partial charge in [-0.25, -0.2) is 0 Å². The maximum Gasteiger partial charge on any atom is 0.323 e. The number of halogens is 1. The molecule has 1 aromatic carbocycles. The molecule has 106 valence electrons. The molecule has 0 saturated carbocycles. The van der Waals surface area contributed by atoms with Gasteiger partial charge in [-0.15, -0.1) is 0 Å². The zero-order valence-corrected chi connectivity index (χ0v) is 13.4. The first kappa shape index (κ1) is 16.2. The number of esters is 1. The van der Waals surface area contributed by atoms with Crippen molar-refractivity contribution in [2.45, 2.75) is 39.3 Å². The van der Waals surface area contributed by atoms with E-state index in [9.17, 15) is 4.79 Å². The van der Waals surface area contributed by atoms with Crippen LogP contribution < -0.4 is 0 Å². The van der Waals surface area contributed by atoms with Gasteiger partial charge in [0.25, 0.3) is 0 Å². The zero-order chi connectivity index (χ0) is 14.3. The third-order valence-electron chi connectivity index (χ3n) is 3.03. The molecule has 3 nitrogen and oxygen atoms in total. The van der Waals surface area contributed by atoms with Gasteiger partial charge in [-0.2, -0.15) is 0 Å². The van der Waals surface area contributed by atoms with Crippen molar-refractivity contribution in [2.24, 2.45) is 0 Å². The van der Waals surface area contributed by atoms with Crippen LogP contribution in [0, 0.1) is 0 Å². The molecule has 1 rings (SSSR count). The van der Waals surface area contributed by atoms with Crippen LogP contribution in [-0.2, 0) is 16.1 Å². The number of benzene rings is 1. The quantitative estimate of drug-likeness (QED) is 0.716. The minimum absolute atomic E-state index is 0.126. The zero-order valence-electron chi connectivity index (χ0n) is 11.9. The third kappa shape index (κ3) is 4.96. The standard InChI is InChI=1S/C15H22BrNO2/c1-4-8-14(15(18)19-5-2)17(3)11-12-9-6-7-10-13(12)16/h6-7,9-10,14H,4-5,8,11H2,1-3H3. The fraction of sp³-hybridized carbons (Fsp3) is 0.533. The molecule has 4 heteroatoms. The number of carbonyl (C=O) groups excluding carboxylic acids is 1. The Morgan fingerprint density at radius 2 is 2.05 bits per heavy atom. The van der Waals surface area contributed by atoms with E-state index in [1.165, 1.54) is 5.56 Å². The Kier molecular flexibility index (Phi) is 7.10. The van der Waals surface area contributed by atoms with Crippen LogP contribution in [0.4, 0.5) is 0 Å². The van der Waals surface area contributed by atoms with Gasteiger partial charge in [-0.1, -0.05) is 47.5 Å². The summed E-state index contributed by atoms with van der Waals surface area (Å²) >= 11 is 3.54. The van der Waals surface area contributed by atoms with E-state index in [1.807, 2.05) is 32.2 Å². The molecule has 0 N–H and O–H groups in total. The molecule has 0 spiro atoms. The number of nitrogens with zero attached hydrogens (tertiary/aromatic N) is 1. The Labute approximate surface area is 124 Å². The minimum Gasteiger partial charge on any atom is -0.465 e. The van der Waals surface area contributed by atoms with E-state index in [2.05, 4.69) is 33.8 Å². The average Bonchev–Trinajstić information content (AvgIpc) is 2.38. The monoisotopic (exact) mass is 327 g/mol. The van der Waals surface area contributed by atoms with Crippen molar-refractivity contribution in [2.75, 3.05) is 13.7 Å². The summed E-state index contributed by atoms with van der Waals surface area (Å²) in [5.41, 5.74) is 1.18. The number of hydrogen-bond acceptors (Lipinski definition) is 3. The molecule has 0 heterocycles. The molecular formula is C15H22BrNO2. The number of hydrogen-bond donors (Lipinski definition) is 0. The second-order valence-electron chi connectivity index (χ2n) is 4.56. The molecule has 0 aliphatic rings. The molecule has 0 aromatic heterocycles. The van der Waals surface area contributed by atoms with E-state index in [1.54, 1.807) is 0 Å². The van der Waals surface area contributed by atoms with Crippen LogP contribution in [-0.4, -0.2) is 30.6 Å². The fourth-order valence-electron chi connectivity index (χ4n) is 2.04. The molecule has 0 amide bonds. The highest BCUT2D eigenvalue weighted by Gasteiger charge is 2.23. The second-order valence-corrected chi connectivity index (χ2v) is 5.42. The van der Waals surface area contributed by atoms with Crippen molar-refractivity contribution < 1.29 is 9.53 Å². The third-order valence-corrected chi connectivity index (χ3v) is 3.80. The van der Waals surface area contributed by atoms with E-state index in [0.29, 0.717) is 6.61 Å². The summed E-state index contributed by atoms with van der Waals surface area (Å²) in [4.78, 5) is 14.0. The van der Waals surface area contributed by atoms with Gasteiger partial charge >= 0.3 is 5.97 Å². The lowest BCUT2D eigenvalue weighted by molar-refractivity contribution is -0.149. The van der Waals surface area contributed by atoms with Crippen LogP contribution in [0.2, 0.25) is 0 Å². The van der Waals surface area contributed by atoms with Gasteiger partial charge in [0, 0.05) is 11.0 Å². The number of rotatable bonds is 7. The Bertz CT molecular complexity index is 409. The van der Waals surface area contributed by atoms with Crippen LogP contribution in [0.25, 0.3) is 0 Å². The molecule has 0 fully saturated rings. The van der Waals surface area contributed by atoms with Gasteiger partial charge in [-0.05, 0) is 32.0 Å². The summed E-state index contributed by atoms with van der Waals surface area (Å²) in [6, 6.07) is 7.91. The maximum atomic E-state index is 12.0. The highest BCUT2D eigenvalue weighted by molar-refractivity contribution is 9.10. The van der Waals surface area contributed by atoms with Crippen LogP contribution in [0.1, 0.15) is 32.3 Å². The first-order chi connectivity index (χ1) is 9.10. The smallest absolute Gasteiger partial charge is 0.323 e. The SMILES string of the molecule is CCCC(C(=O)OCC)N(C)Cc1ccccc1Br. The Balaban J connectivity index is 2.74. The maximum absolute atomic E-state index is 12.0. The van der Waals surface area contributed by atoms with Crippen molar-refractivity contribution in [3.63, 3.8) is 0 Å². The number of ether oxygens (including phenoxy) is 1. The molecular weight excluding hydrogens is 306 g/mol. The normalized spacial score (nSPS) is 12.5. The predicted molar refractivity (Wildman–Crippen MR) is 80.9 cm³/mol. The largest absolute Gasteiger partial charge is 0.465 e. The minimum atomic E-state index is -0.169. The molecule has 1 unspecified atom stereocenters. The molecule has 0 aliphatic heterocycles. The molecule has 0 bridgehead atoms. The van der Waals surface area contributed by atoms with Crippen LogP contribution in [0.15, 0.2) is 28.7 Å². The van der Waals surface area contributed by atoms with Gasteiger partial charge in [0.2, 0.25) is 0 Å². The van der Waals surface area contributed by atoms with Crippen molar-refractivity contribution >= 4 is 21.9 Å². The molecule has 0 radical (unpaired) electrons. The summed E-state index contributed by atoms with van der Waals surface area (Å²) in [5.74, 6) is -0.126. The first-order valence-electron chi connectivity index (χ1n) is 6.70. The summed E-state index contributed by atoms with van der Waals surface area (Å²) in [6.07, 6.45) is 1.78. The van der Waals surface area contributed by atoms with Gasteiger partial charge in [-0.3, -0.25) is 9.69 Å². The van der Waals surface area contributed by atoms with E-state index in [-0.39, 0.29) is 12.0 Å². The van der Waals surface area contributed by atoms with Crippen molar-refractivity contribution in [3.05, 3.63) is 34.3 Å². The lowest BCUT2D eigenvalue weighted by Gasteiger charge is -2.26. The molecule has 0 aliphatic carbocycles. The van der Waals surface area contributed by atoms with Crippen molar-refractivity contribution in [1.82, 2.24) is 4.90 Å². The molecule has 1 aromatic rings. The van der Waals surface area contributed by atoms with E-state index in [4.69, 9.17) is 4.74 Å². The van der Waals surface area contributed by atoms with Crippen LogP contribution in [0.5, 0.6) is 0 Å². The summed E-state index contributed by atoms with van der Waals surface area (Å²) in [5, 5.41) is 0. The Morgan fingerprint density at radius 3 is 2.63 bits per heavy atom. The highest BCUT2D eigenvalue weighted by Crippen LogP contribution is 2.19. The summed E-state index contributed by atoms with van der Waals surface area (Å²) in [7, 11) is 1.97. The van der Waals surface area contributed by atoms with Crippen LogP contribution >= 0.6 is 15.9 Å². The molecule has 1 atom stereocenters. The predicted octanol–water partition coefficient (Wildman–Crippen LogP) is 3.61. The fourth-order valence-corrected chi connectivity index (χ4v) is 2.45. The Morgan fingerprint density at radius 1 is 1.37 bits per heavy atom.